The smallest absolute Gasteiger partial charge is 0.304 e. The highest BCUT2D eigenvalue weighted by atomic mass is 16.5. The van der Waals surface area contributed by atoms with Crippen LogP contribution in [0.2, 0.25) is 0 Å². The fourth-order valence-electron chi connectivity index (χ4n) is 3.06. The van der Waals surface area contributed by atoms with Crippen molar-refractivity contribution >= 4 is 5.97 Å². The Kier molecular flexibility index (Phi) is 5.78. The quantitative estimate of drug-likeness (QED) is 0.696. The summed E-state index contributed by atoms with van der Waals surface area (Å²) < 4.78 is 16.7. The van der Waals surface area contributed by atoms with Crippen LogP contribution in [-0.4, -0.2) is 37.5 Å². The van der Waals surface area contributed by atoms with Crippen LogP contribution in [0.3, 0.4) is 0 Å². The van der Waals surface area contributed by atoms with Crippen molar-refractivity contribution in [1.82, 2.24) is 0 Å². The highest BCUT2D eigenvalue weighted by Gasteiger charge is 2.42. The number of carboxylic acid groups (broad SMARTS) is 1. The monoisotopic (exact) mass is 356 g/mol. The summed E-state index contributed by atoms with van der Waals surface area (Å²) in [4.78, 5) is 11.1. The Balaban J connectivity index is 1.45. The van der Waals surface area contributed by atoms with E-state index in [4.69, 9.17) is 19.3 Å². The average molecular weight is 356 g/mol. The van der Waals surface area contributed by atoms with Crippen molar-refractivity contribution in [3.63, 3.8) is 0 Å². The molecule has 1 N–H and O–H groups in total. The Morgan fingerprint density at radius 3 is 2.38 bits per heavy atom. The maximum Gasteiger partial charge on any atom is 0.304 e. The van der Waals surface area contributed by atoms with Gasteiger partial charge in [-0.25, -0.2) is 0 Å². The van der Waals surface area contributed by atoms with Crippen LogP contribution in [0.4, 0.5) is 0 Å². The predicted octanol–water partition coefficient (Wildman–Crippen LogP) is 3.59. The number of aryl methyl sites for hydroxylation is 1. The summed E-state index contributed by atoms with van der Waals surface area (Å²) in [5.41, 5.74) is 1.71. The molecule has 1 fully saturated rings. The zero-order valence-corrected chi connectivity index (χ0v) is 14.9. The van der Waals surface area contributed by atoms with E-state index in [2.05, 4.69) is 0 Å². The van der Waals surface area contributed by atoms with Crippen molar-refractivity contribution in [2.45, 2.75) is 25.2 Å². The van der Waals surface area contributed by atoms with E-state index >= 15 is 0 Å². The molecule has 1 saturated heterocycles. The van der Waals surface area contributed by atoms with E-state index in [-0.39, 0.29) is 6.42 Å². The third-order valence-corrected chi connectivity index (χ3v) is 4.62. The molecule has 2 aromatic carbocycles. The topological polar surface area (TPSA) is 65.0 Å². The Hall–Kier alpha value is -2.53. The Morgan fingerprint density at radius 1 is 1.08 bits per heavy atom. The van der Waals surface area contributed by atoms with Crippen molar-refractivity contribution in [1.29, 1.82) is 0 Å². The predicted molar refractivity (Wildman–Crippen MR) is 98.0 cm³/mol. The molecule has 5 heteroatoms. The van der Waals surface area contributed by atoms with E-state index in [1.807, 2.05) is 55.5 Å². The maximum absolute atomic E-state index is 11.1. The van der Waals surface area contributed by atoms with Gasteiger partial charge in [0.15, 0.2) is 0 Å². The molecule has 0 amide bonds. The number of hydrogen-bond donors (Lipinski definition) is 1. The molecule has 0 aliphatic carbocycles. The molecule has 26 heavy (non-hydrogen) atoms. The van der Waals surface area contributed by atoms with E-state index in [1.54, 1.807) is 0 Å². The molecule has 138 valence electrons. The van der Waals surface area contributed by atoms with Gasteiger partial charge < -0.3 is 19.3 Å². The van der Waals surface area contributed by atoms with Crippen molar-refractivity contribution in [3.05, 3.63) is 59.7 Å². The minimum atomic E-state index is -0.803. The minimum absolute atomic E-state index is 0.0868. The van der Waals surface area contributed by atoms with Crippen LogP contribution in [-0.2, 0) is 14.9 Å². The Bertz CT molecular complexity index is 734. The van der Waals surface area contributed by atoms with Crippen LogP contribution in [0.15, 0.2) is 48.5 Å². The van der Waals surface area contributed by atoms with Gasteiger partial charge in [-0.1, -0.05) is 30.3 Å². The number of rotatable bonds is 9. The first kappa shape index (κ1) is 18.3. The van der Waals surface area contributed by atoms with Gasteiger partial charge in [0, 0.05) is 6.42 Å². The van der Waals surface area contributed by atoms with Crippen molar-refractivity contribution < 1.29 is 24.1 Å². The number of ether oxygens (including phenoxy) is 3. The molecule has 0 atom stereocenters. The van der Waals surface area contributed by atoms with Crippen LogP contribution in [0.1, 0.15) is 24.0 Å². The molecule has 1 heterocycles. The second-order valence-corrected chi connectivity index (χ2v) is 6.68. The van der Waals surface area contributed by atoms with Crippen LogP contribution >= 0.6 is 0 Å². The lowest BCUT2D eigenvalue weighted by molar-refractivity contribution is -0.145. The van der Waals surface area contributed by atoms with Gasteiger partial charge in [-0.15, -0.1) is 0 Å². The molecule has 0 spiro atoms. The van der Waals surface area contributed by atoms with Gasteiger partial charge in [-0.05, 0) is 36.2 Å². The van der Waals surface area contributed by atoms with Gasteiger partial charge in [-0.2, -0.15) is 0 Å². The second-order valence-electron chi connectivity index (χ2n) is 6.68. The van der Waals surface area contributed by atoms with Crippen LogP contribution in [0.5, 0.6) is 11.5 Å². The molecule has 0 saturated carbocycles. The molecule has 0 radical (unpaired) electrons. The Labute approximate surface area is 153 Å². The van der Waals surface area contributed by atoms with Crippen LogP contribution < -0.4 is 9.47 Å². The first-order valence-electron chi connectivity index (χ1n) is 8.80. The molecule has 0 bridgehead atoms. The van der Waals surface area contributed by atoms with E-state index < -0.39 is 11.4 Å². The molecule has 2 aromatic rings. The number of benzene rings is 2. The lowest BCUT2D eigenvalue weighted by Crippen LogP contribution is -2.48. The van der Waals surface area contributed by atoms with E-state index in [0.29, 0.717) is 26.4 Å². The maximum atomic E-state index is 11.1. The third-order valence-electron chi connectivity index (χ3n) is 4.62. The number of para-hydroxylation sites is 1. The van der Waals surface area contributed by atoms with Gasteiger partial charge in [0.1, 0.15) is 11.5 Å². The lowest BCUT2D eigenvalue weighted by Gasteiger charge is -2.40. The summed E-state index contributed by atoms with van der Waals surface area (Å²) in [7, 11) is 0. The van der Waals surface area contributed by atoms with Gasteiger partial charge in [-0.3, -0.25) is 4.79 Å². The zero-order valence-electron chi connectivity index (χ0n) is 14.9. The van der Waals surface area contributed by atoms with Gasteiger partial charge in [0.2, 0.25) is 0 Å². The molecule has 3 rings (SSSR count). The lowest BCUT2D eigenvalue weighted by atomic mass is 9.76. The molecule has 1 aliphatic rings. The molecular weight excluding hydrogens is 332 g/mol. The summed E-state index contributed by atoms with van der Waals surface area (Å²) in [6, 6.07) is 15.6. The molecule has 1 aliphatic heterocycles. The number of aliphatic carboxylic acids is 1. The first-order valence-corrected chi connectivity index (χ1v) is 8.80. The van der Waals surface area contributed by atoms with Gasteiger partial charge >= 0.3 is 5.97 Å². The van der Waals surface area contributed by atoms with Crippen molar-refractivity contribution in [2.24, 2.45) is 0 Å². The summed E-state index contributed by atoms with van der Waals surface area (Å²) in [5, 5.41) is 9.10. The van der Waals surface area contributed by atoms with Gasteiger partial charge in [0.25, 0.3) is 0 Å². The van der Waals surface area contributed by atoms with E-state index in [9.17, 15) is 4.79 Å². The summed E-state index contributed by atoms with van der Waals surface area (Å²) >= 11 is 0. The summed E-state index contributed by atoms with van der Waals surface area (Å²) in [5.74, 6) is 0.876. The fourth-order valence-corrected chi connectivity index (χ4v) is 3.06. The highest BCUT2D eigenvalue weighted by Crippen LogP contribution is 2.36. The zero-order chi connectivity index (χ0) is 18.4. The first-order chi connectivity index (χ1) is 12.6. The largest absolute Gasteiger partial charge is 0.493 e. The average Bonchev–Trinajstić information content (AvgIpc) is 2.60. The highest BCUT2D eigenvalue weighted by molar-refractivity contribution is 5.69. The number of hydrogen-bond acceptors (Lipinski definition) is 4. The normalized spacial score (nSPS) is 15.1. The molecule has 0 unspecified atom stereocenters. The SMILES string of the molecule is Cc1ccccc1OCCCOc1ccc(C2(CC(=O)O)COC2)cc1. The number of carbonyl (C=O) groups is 1. The fraction of sp³-hybridized carbons (Fsp3) is 0.381. The summed E-state index contributed by atoms with van der Waals surface area (Å²) in [6.45, 7) is 4.10. The minimum Gasteiger partial charge on any atom is -0.493 e. The van der Waals surface area contributed by atoms with E-state index in [0.717, 1.165) is 29.0 Å². The number of carboxylic acids is 1. The van der Waals surface area contributed by atoms with Crippen molar-refractivity contribution in [3.8, 4) is 11.5 Å². The molecule has 0 aromatic heterocycles. The third kappa shape index (κ3) is 4.35. The van der Waals surface area contributed by atoms with Crippen molar-refractivity contribution in [2.75, 3.05) is 26.4 Å². The van der Waals surface area contributed by atoms with Gasteiger partial charge in [0.05, 0.1) is 38.3 Å². The summed E-state index contributed by atoms with van der Waals surface area (Å²) in [6.07, 6.45) is 0.871. The molecule has 5 nitrogen and oxygen atoms in total. The second kappa shape index (κ2) is 8.23. The Morgan fingerprint density at radius 2 is 1.77 bits per heavy atom. The van der Waals surface area contributed by atoms with E-state index in [1.165, 1.54) is 0 Å². The molecular formula is C21H24O5. The standard InChI is InChI=1S/C21H24O5/c1-16-5-2-3-6-19(16)26-12-4-11-25-18-9-7-17(8-10-18)21(13-20(22)23)14-24-15-21/h2-3,5-10H,4,11-15H2,1H3,(H,22,23). The van der Waals surface area contributed by atoms with Crippen LogP contribution in [0, 0.1) is 6.92 Å². The van der Waals surface area contributed by atoms with Crippen LogP contribution in [0.25, 0.3) is 0 Å².